The van der Waals surface area contributed by atoms with Gasteiger partial charge in [-0.05, 0) is 24.6 Å². The number of hydrogen-bond donors (Lipinski definition) is 2. The van der Waals surface area contributed by atoms with Crippen LogP contribution in [-0.2, 0) is 4.79 Å². The maximum Gasteiger partial charge on any atom is 0.259 e. The first kappa shape index (κ1) is 10.9. The van der Waals surface area contributed by atoms with Crippen LogP contribution in [0.15, 0.2) is 18.2 Å². The Morgan fingerprint density at radius 2 is 1.89 bits per heavy atom. The quantitative estimate of drug-likeness (QED) is 0.660. The third-order valence-electron chi connectivity index (χ3n) is 3.28. The molecule has 92 valence electrons. The molecule has 6 nitrogen and oxygen atoms in total. The van der Waals surface area contributed by atoms with Gasteiger partial charge in [-0.3, -0.25) is 19.7 Å². The highest BCUT2D eigenvalue weighted by atomic mass is 16.2. The zero-order chi connectivity index (χ0) is 12.9. The topological polar surface area (TPSA) is 92.5 Å². The summed E-state index contributed by atoms with van der Waals surface area (Å²) in [5, 5.41) is 2.21. The number of nitrogens with one attached hydrogen (secondary N) is 1. The molecular weight excluding hydrogens is 234 g/mol. The maximum absolute atomic E-state index is 11.8. The second-order valence-electron chi connectivity index (χ2n) is 4.40. The minimum atomic E-state index is -0.478. The van der Waals surface area contributed by atoms with Crippen LogP contribution in [0.2, 0.25) is 0 Å². The standard InChI is InChI=1S/C12H11N3O3/c13-9-3-4-15(12(9)18)6-1-2-7-8(5-6)11(17)14-10(7)16/h1-2,5,9H,3-4,13H2,(H,14,16,17). The molecule has 2 aliphatic rings. The van der Waals surface area contributed by atoms with Crippen molar-refractivity contribution in [2.24, 2.45) is 5.73 Å². The van der Waals surface area contributed by atoms with Gasteiger partial charge in [-0.1, -0.05) is 0 Å². The minimum Gasteiger partial charge on any atom is -0.320 e. The Hall–Kier alpha value is -2.21. The van der Waals surface area contributed by atoms with E-state index in [1.165, 1.54) is 0 Å². The number of anilines is 1. The van der Waals surface area contributed by atoms with E-state index in [-0.39, 0.29) is 5.91 Å². The molecule has 3 N–H and O–H groups in total. The fraction of sp³-hybridized carbons (Fsp3) is 0.250. The van der Waals surface area contributed by atoms with Gasteiger partial charge in [0.2, 0.25) is 5.91 Å². The van der Waals surface area contributed by atoms with Crippen LogP contribution in [0.1, 0.15) is 27.1 Å². The van der Waals surface area contributed by atoms with E-state index in [0.29, 0.717) is 29.8 Å². The summed E-state index contributed by atoms with van der Waals surface area (Å²) in [6, 6.07) is 4.30. The molecule has 0 bridgehead atoms. The number of carbonyl (C=O) groups excluding carboxylic acids is 3. The van der Waals surface area contributed by atoms with E-state index in [9.17, 15) is 14.4 Å². The zero-order valence-corrected chi connectivity index (χ0v) is 9.47. The van der Waals surface area contributed by atoms with Gasteiger partial charge in [-0.2, -0.15) is 0 Å². The first-order chi connectivity index (χ1) is 8.58. The van der Waals surface area contributed by atoms with Gasteiger partial charge in [0.1, 0.15) is 0 Å². The lowest BCUT2D eigenvalue weighted by molar-refractivity contribution is -0.118. The van der Waals surface area contributed by atoms with Gasteiger partial charge in [0.05, 0.1) is 17.2 Å². The van der Waals surface area contributed by atoms with E-state index >= 15 is 0 Å². The van der Waals surface area contributed by atoms with Crippen molar-refractivity contribution in [1.29, 1.82) is 0 Å². The molecule has 2 heterocycles. The summed E-state index contributed by atoms with van der Waals surface area (Å²) in [6.45, 7) is 0.536. The molecule has 1 fully saturated rings. The number of benzene rings is 1. The van der Waals surface area contributed by atoms with Crippen molar-refractivity contribution in [3.8, 4) is 0 Å². The Morgan fingerprint density at radius 3 is 2.56 bits per heavy atom. The van der Waals surface area contributed by atoms with E-state index < -0.39 is 17.9 Å². The number of hydrogen-bond acceptors (Lipinski definition) is 4. The monoisotopic (exact) mass is 245 g/mol. The smallest absolute Gasteiger partial charge is 0.259 e. The molecule has 3 amide bonds. The van der Waals surface area contributed by atoms with Crippen molar-refractivity contribution in [2.75, 3.05) is 11.4 Å². The molecule has 1 aromatic rings. The third kappa shape index (κ3) is 1.42. The summed E-state index contributed by atoms with van der Waals surface area (Å²) >= 11 is 0. The lowest BCUT2D eigenvalue weighted by Gasteiger charge is -2.16. The van der Waals surface area contributed by atoms with Crippen molar-refractivity contribution >= 4 is 23.4 Å². The molecule has 0 aromatic heterocycles. The van der Waals surface area contributed by atoms with Crippen molar-refractivity contribution in [3.63, 3.8) is 0 Å². The molecule has 0 aliphatic carbocycles. The minimum absolute atomic E-state index is 0.153. The fourth-order valence-corrected chi connectivity index (χ4v) is 2.28. The van der Waals surface area contributed by atoms with Gasteiger partial charge in [-0.25, -0.2) is 0 Å². The first-order valence-electron chi connectivity index (χ1n) is 5.64. The molecule has 18 heavy (non-hydrogen) atoms. The predicted molar refractivity (Wildman–Crippen MR) is 63.2 cm³/mol. The Bertz CT molecular complexity index is 582. The molecule has 1 saturated heterocycles. The molecule has 1 atom stereocenters. The summed E-state index contributed by atoms with van der Waals surface area (Å²) in [5.74, 6) is -0.974. The van der Waals surface area contributed by atoms with Crippen molar-refractivity contribution < 1.29 is 14.4 Å². The van der Waals surface area contributed by atoms with E-state index in [1.54, 1.807) is 23.1 Å². The number of nitrogens with two attached hydrogens (primary N) is 1. The van der Waals surface area contributed by atoms with Gasteiger partial charge in [0.15, 0.2) is 0 Å². The molecule has 1 aromatic carbocycles. The summed E-state index contributed by atoms with van der Waals surface area (Å²) in [5.41, 5.74) is 6.91. The lowest BCUT2D eigenvalue weighted by atomic mass is 10.1. The highest BCUT2D eigenvalue weighted by Crippen LogP contribution is 2.26. The highest BCUT2D eigenvalue weighted by molar-refractivity contribution is 6.22. The number of rotatable bonds is 1. The molecule has 6 heteroatoms. The van der Waals surface area contributed by atoms with Crippen LogP contribution >= 0.6 is 0 Å². The summed E-state index contributed by atoms with van der Waals surface area (Å²) < 4.78 is 0. The molecule has 0 radical (unpaired) electrons. The molecule has 0 saturated carbocycles. The Labute approximate surface area is 103 Å². The lowest BCUT2D eigenvalue weighted by Crippen LogP contribution is -2.34. The van der Waals surface area contributed by atoms with Crippen LogP contribution in [0.4, 0.5) is 5.69 Å². The zero-order valence-electron chi connectivity index (χ0n) is 9.47. The summed E-state index contributed by atoms with van der Waals surface area (Å²) in [6.07, 6.45) is 0.598. The van der Waals surface area contributed by atoms with Crippen LogP contribution in [-0.4, -0.2) is 30.3 Å². The number of nitrogens with zero attached hydrogens (tertiary/aromatic N) is 1. The van der Waals surface area contributed by atoms with Gasteiger partial charge in [-0.15, -0.1) is 0 Å². The second-order valence-corrected chi connectivity index (χ2v) is 4.40. The van der Waals surface area contributed by atoms with Crippen LogP contribution in [0, 0.1) is 0 Å². The molecule has 3 rings (SSSR count). The molecule has 1 unspecified atom stereocenters. The largest absolute Gasteiger partial charge is 0.320 e. The first-order valence-corrected chi connectivity index (χ1v) is 5.64. The van der Waals surface area contributed by atoms with E-state index in [0.717, 1.165) is 0 Å². The van der Waals surface area contributed by atoms with Crippen molar-refractivity contribution in [3.05, 3.63) is 29.3 Å². The van der Waals surface area contributed by atoms with Crippen LogP contribution in [0.3, 0.4) is 0 Å². The van der Waals surface area contributed by atoms with Crippen molar-refractivity contribution in [2.45, 2.75) is 12.5 Å². The predicted octanol–water partition coefficient (Wildman–Crippen LogP) is -0.366. The molecule has 0 spiro atoms. The van der Waals surface area contributed by atoms with Crippen LogP contribution in [0.5, 0.6) is 0 Å². The highest BCUT2D eigenvalue weighted by Gasteiger charge is 2.32. The fourth-order valence-electron chi connectivity index (χ4n) is 2.28. The van der Waals surface area contributed by atoms with E-state index in [2.05, 4.69) is 5.32 Å². The van der Waals surface area contributed by atoms with Crippen LogP contribution in [0.25, 0.3) is 0 Å². The van der Waals surface area contributed by atoms with Gasteiger partial charge in [0.25, 0.3) is 11.8 Å². The van der Waals surface area contributed by atoms with Crippen molar-refractivity contribution in [1.82, 2.24) is 5.32 Å². The average Bonchev–Trinajstić information content (AvgIpc) is 2.82. The van der Waals surface area contributed by atoms with Gasteiger partial charge < -0.3 is 10.6 Å². The third-order valence-corrected chi connectivity index (χ3v) is 3.28. The normalized spacial score (nSPS) is 22.4. The Balaban J connectivity index is 2.01. The van der Waals surface area contributed by atoms with Gasteiger partial charge >= 0.3 is 0 Å². The maximum atomic E-state index is 11.8. The average molecular weight is 245 g/mol. The molecular formula is C12H11N3O3. The number of fused-ring (bicyclic) bond motifs is 1. The van der Waals surface area contributed by atoms with E-state index in [4.69, 9.17) is 5.73 Å². The summed E-state index contributed by atoms with van der Waals surface area (Å²) in [4.78, 5) is 36.2. The number of imide groups is 1. The van der Waals surface area contributed by atoms with E-state index in [1.807, 2.05) is 0 Å². The summed E-state index contributed by atoms with van der Waals surface area (Å²) in [7, 11) is 0. The number of carbonyl (C=O) groups is 3. The molecule has 2 aliphatic heterocycles. The Morgan fingerprint density at radius 1 is 1.17 bits per heavy atom. The second kappa shape index (κ2) is 3.64. The van der Waals surface area contributed by atoms with Gasteiger partial charge in [0, 0.05) is 12.2 Å². The van der Waals surface area contributed by atoms with Crippen LogP contribution < -0.4 is 16.0 Å². The Kier molecular flexibility index (Phi) is 2.21. The number of amides is 3. The SMILES string of the molecule is NC1CCN(c2ccc3c(c2)C(=O)NC3=O)C1=O.